The molecular weight excluding hydrogens is 174 g/mol. The van der Waals surface area contributed by atoms with Crippen molar-refractivity contribution in [1.29, 1.82) is 0 Å². The largest absolute Gasteiger partial charge is 0.380 e. The minimum absolute atomic E-state index is 0.280. The van der Waals surface area contributed by atoms with Gasteiger partial charge in [-0.3, -0.25) is 0 Å². The fraction of sp³-hybridized carbons (Fsp3) is 1.00. The van der Waals surface area contributed by atoms with Gasteiger partial charge in [0.05, 0.1) is 6.61 Å². The van der Waals surface area contributed by atoms with Crippen LogP contribution in [0.5, 0.6) is 0 Å². The molecule has 14 heavy (non-hydrogen) atoms. The lowest BCUT2D eigenvalue weighted by molar-refractivity contribution is 0.0745. The fourth-order valence-electron chi connectivity index (χ4n) is 1.31. The van der Waals surface area contributed by atoms with E-state index in [-0.39, 0.29) is 5.41 Å². The van der Waals surface area contributed by atoms with Crippen LogP contribution in [-0.4, -0.2) is 25.8 Å². The quantitative estimate of drug-likeness (QED) is 0.640. The van der Waals surface area contributed by atoms with Crippen molar-refractivity contribution in [3.63, 3.8) is 0 Å². The molecule has 2 nitrogen and oxygen atoms in total. The molecule has 0 heterocycles. The summed E-state index contributed by atoms with van der Waals surface area (Å²) in [6.45, 7) is 13.8. The van der Waals surface area contributed by atoms with Gasteiger partial charge in [0.25, 0.3) is 0 Å². The molecule has 0 aliphatic heterocycles. The molecule has 0 radical (unpaired) electrons. The first kappa shape index (κ1) is 13.9. The molecule has 0 aliphatic rings. The minimum Gasteiger partial charge on any atom is -0.380 e. The van der Waals surface area contributed by atoms with E-state index in [1.165, 1.54) is 12.8 Å². The van der Waals surface area contributed by atoms with E-state index in [0.717, 1.165) is 19.8 Å². The third kappa shape index (κ3) is 6.39. The Kier molecular flexibility index (Phi) is 7.20. The molecule has 0 bridgehead atoms. The first-order valence-corrected chi connectivity index (χ1v) is 5.83. The Hall–Kier alpha value is -0.0800. The molecule has 0 spiro atoms. The van der Waals surface area contributed by atoms with E-state index in [1.807, 2.05) is 0 Å². The molecule has 1 atom stereocenters. The standard InChI is InChI=1S/C12H27NO/c1-6-8-9-14-10-11(13-7-2)12(3,4)5/h11,13H,6-10H2,1-5H3. The van der Waals surface area contributed by atoms with Gasteiger partial charge in [-0.05, 0) is 18.4 Å². The molecule has 0 saturated heterocycles. The summed E-state index contributed by atoms with van der Waals surface area (Å²) in [5, 5.41) is 3.47. The molecule has 1 N–H and O–H groups in total. The first-order chi connectivity index (χ1) is 6.52. The van der Waals surface area contributed by atoms with Crippen LogP contribution in [0.15, 0.2) is 0 Å². The summed E-state index contributed by atoms with van der Waals surface area (Å²) >= 11 is 0. The highest BCUT2D eigenvalue weighted by molar-refractivity contribution is 4.79. The lowest BCUT2D eigenvalue weighted by Crippen LogP contribution is -2.43. The lowest BCUT2D eigenvalue weighted by Gasteiger charge is -2.31. The second-order valence-electron chi connectivity index (χ2n) is 4.90. The molecule has 0 amide bonds. The molecule has 0 aromatic heterocycles. The van der Waals surface area contributed by atoms with E-state index in [1.54, 1.807) is 0 Å². The van der Waals surface area contributed by atoms with Crippen molar-refractivity contribution in [1.82, 2.24) is 5.32 Å². The number of likely N-dealkylation sites (N-methyl/N-ethyl adjacent to an activating group) is 1. The zero-order chi connectivity index (χ0) is 11.0. The lowest BCUT2D eigenvalue weighted by atomic mass is 9.87. The maximum absolute atomic E-state index is 5.65. The molecule has 0 aromatic rings. The second kappa shape index (κ2) is 7.24. The number of hydrogen-bond donors (Lipinski definition) is 1. The Balaban J connectivity index is 3.74. The number of rotatable bonds is 7. The van der Waals surface area contributed by atoms with Crippen molar-refractivity contribution in [3.8, 4) is 0 Å². The van der Waals surface area contributed by atoms with Crippen LogP contribution in [0.2, 0.25) is 0 Å². The number of nitrogens with one attached hydrogen (secondary N) is 1. The van der Waals surface area contributed by atoms with Gasteiger partial charge in [-0.1, -0.05) is 41.0 Å². The predicted molar refractivity (Wildman–Crippen MR) is 62.6 cm³/mol. The molecule has 0 saturated carbocycles. The average Bonchev–Trinajstić information content (AvgIpc) is 2.08. The minimum atomic E-state index is 0.280. The van der Waals surface area contributed by atoms with Crippen LogP contribution < -0.4 is 5.32 Å². The Labute approximate surface area is 89.4 Å². The molecule has 0 aromatic carbocycles. The van der Waals surface area contributed by atoms with Crippen molar-refractivity contribution in [3.05, 3.63) is 0 Å². The normalized spacial score (nSPS) is 14.4. The van der Waals surface area contributed by atoms with E-state index in [9.17, 15) is 0 Å². The summed E-state index contributed by atoms with van der Waals surface area (Å²) in [6, 6.07) is 0.462. The first-order valence-electron chi connectivity index (χ1n) is 5.83. The van der Waals surface area contributed by atoms with Gasteiger partial charge in [0.1, 0.15) is 0 Å². The Morgan fingerprint density at radius 2 is 1.86 bits per heavy atom. The van der Waals surface area contributed by atoms with Crippen LogP contribution in [0.1, 0.15) is 47.5 Å². The summed E-state index contributed by atoms with van der Waals surface area (Å²) in [4.78, 5) is 0. The zero-order valence-electron chi connectivity index (χ0n) is 10.5. The van der Waals surface area contributed by atoms with E-state index >= 15 is 0 Å². The van der Waals surface area contributed by atoms with E-state index in [0.29, 0.717) is 6.04 Å². The summed E-state index contributed by atoms with van der Waals surface area (Å²) in [6.07, 6.45) is 2.38. The number of hydrogen-bond acceptors (Lipinski definition) is 2. The molecule has 0 aliphatic carbocycles. The third-order valence-corrected chi connectivity index (χ3v) is 2.42. The predicted octanol–water partition coefficient (Wildman–Crippen LogP) is 2.83. The van der Waals surface area contributed by atoms with E-state index < -0.39 is 0 Å². The van der Waals surface area contributed by atoms with E-state index in [4.69, 9.17) is 4.74 Å². The summed E-state index contributed by atoms with van der Waals surface area (Å²) in [7, 11) is 0. The molecular formula is C12H27NO. The Morgan fingerprint density at radius 1 is 1.21 bits per heavy atom. The average molecular weight is 201 g/mol. The van der Waals surface area contributed by atoms with Crippen molar-refractivity contribution in [2.45, 2.75) is 53.5 Å². The van der Waals surface area contributed by atoms with Gasteiger partial charge < -0.3 is 10.1 Å². The molecule has 1 unspecified atom stereocenters. The molecule has 86 valence electrons. The summed E-state index contributed by atoms with van der Waals surface area (Å²) in [5.41, 5.74) is 0.280. The Bertz CT molecular complexity index is 129. The van der Waals surface area contributed by atoms with Crippen molar-refractivity contribution < 1.29 is 4.74 Å². The number of unbranched alkanes of at least 4 members (excludes halogenated alkanes) is 1. The fourth-order valence-corrected chi connectivity index (χ4v) is 1.31. The maximum Gasteiger partial charge on any atom is 0.0624 e. The van der Waals surface area contributed by atoms with Crippen LogP contribution >= 0.6 is 0 Å². The van der Waals surface area contributed by atoms with Crippen LogP contribution in [0.4, 0.5) is 0 Å². The van der Waals surface area contributed by atoms with Gasteiger partial charge in [0.15, 0.2) is 0 Å². The SMILES string of the molecule is CCCCOCC(NCC)C(C)(C)C. The second-order valence-corrected chi connectivity index (χ2v) is 4.90. The Morgan fingerprint density at radius 3 is 2.29 bits per heavy atom. The number of ether oxygens (including phenoxy) is 1. The van der Waals surface area contributed by atoms with Crippen molar-refractivity contribution in [2.24, 2.45) is 5.41 Å². The van der Waals surface area contributed by atoms with Crippen molar-refractivity contribution in [2.75, 3.05) is 19.8 Å². The topological polar surface area (TPSA) is 21.3 Å². The van der Waals surface area contributed by atoms with Gasteiger partial charge in [-0.25, -0.2) is 0 Å². The van der Waals surface area contributed by atoms with Crippen LogP contribution in [0.25, 0.3) is 0 Å². The van der Waals surface area contributed by atoms with E-state index in [2.05, 4.69) is 39.9 Å². The van der Waals surface area contributed by atoms with Crippen LogP contribution in [0.3, 0.4) is 0 Å². The maximum atomic E-state index is 5.65. The van der Waals surface area contributed by atoms with Gasteiger partial charge in [0.2, 0.25) is 0 Å². The summed E-state index contributed by atoms with van der Waals surface area (Å²) in [5.74, 6) is 0. The summed E-state index contributed by atoms with van der Waals surface area (Å²) < 4.78 is 5.65. The van der Waals surface area contributed by atoms with Gasteiger partial charge >= 0.3 is 0 Å². The van der Waals surface area contributed by atoms with Crippen LogP contribution in [0, 0.1) is 5.41 Å². The highest BCUT2D eigenvalue weighted by atomic mass is 16.5. The highest BCUT2D eigenvalue weighted by Gasteiger charge is 2.23. The zero-order valence-corrected chi connectivity index (χ0v) is 10.5. The van der Waals surface area contributed by atoms with Gasteiger partial charge in [-0.15, -0.1) is 0 Å². The molecule has 2 heteroatoms. The van der Waals surface area contributed by atoms with Gasteiger partial charge in [-0.2, -0.15) is 0 Å². The molecule has 0 fully saturated rings. The molecule has 0 rings (SSSR count). The smallest absolute Gasteiger partial charge is 0.0624 e. The van der Waals surface area contributed by atoms with Crippen LogP contribution in [-0.2, 0) is 4.74 Å². The van der Waals surface area contributed by atoms with Crippen molar-refractivity contribution >= 4 is 0 Å². The monoisotopic (exact) mass is 201 g/mol. The third-order valence-electron chi connectivity index (χ3n) is 2.42. The van der Waals surface area contributed by atoms with Gasteiger partial charge in [0, 0.05) is 12.6 Å². The highest BCUT2D eigenvalue weighted by Crippen LogP contribution is 2.19.